The summed E-state index contributed by atoms with van der Waals surface area (Å²) in [6, 6.07) is 7.50. The molecule has 208 valence electrons. The molecule has 1 heterocycles. The molecule has 1 saturated heterocycles. The van der Waals surface area contributed by atoms with Crippen molar-refractivity contribution in [3.63, 3.8) is 0 Å². The number of methoxy groups -OCH3 is 1. The van der Waals surface area contributed by atoms with E-state index in [1.54, 1.807) is 11.0 Å². The van der Waals surface area contributed by atoms with Crippen LogP contribution in [0.15, 0.2) is 24.3 Å². The van der Waals surface area contributed by atoms with Crippen LogP contribution in [0.25, 0.3) is 0 Å². The minimum absolute atomic E-state index is 0.311. The molecule has 1 aliphatic carbocycles. The SMILES string of the molecule is CNC[C@@H](CC1CCCCC1)[C@](O)(NC(=O)OC)C(CCc1cccc(Cl)c1)OC(=O)N1CCCCC1. The number of hydrogen-bond donors (Lipinski definition) is 3. The number of amides is 2. The number of aliphatic hydroxyl groups is 1. The van der Waals surface area contributed by atoms with E-state index < -0.39 is 29.9 Å². The fourth-order valence-electron chi connectivity index (χ4n) is 5.78. The first kappa shape index (κ1) is 29.5. The summed E-state index contributed by atoms with van der Waals surface area (Å²) in [7, 11) is 3.10. The van der Waals surface area contributed by atoms with Crippen LogP contribution in [0.1, 0.15) is 69.8 Å². The van der Waals surface area contributed by atoms with Gasteiger partial charge in [0, 0.05) is 30.6 Å². The lowest BCUT2D eigenvalue weighted by atomic mass is 9.77. The maximum atomic E-state index is 13.3. The first-order chi connectivity index (χ1) is 17.9. The Hall–Kier alpha value is -2.03. The molecule has 1 aliphatic heterocycles. The Morgan fingerprint density at radius 3 is 2.51 bits per heavy atom. The number of carbonyl (C=O) groups excluding carboxylic acids is 2. The lowest BCUT2D eigenvalue weighted by molar-refractivity contribution is -0.143. The summed E-state index contributed by atoms with van der Waals surface area (Å²) >= 11 is 6.20. The number of halogens is 1. The molecule has 9 heteroatoms. The van der Waals surface area contributed by atoms with Crippen LogP contribution in [-0.2, 0) is 15.9 Å². The third kappa shape index (κ3) is 8.76. The summed E-state index contributed by atoms with van der Waals surface area (Å²) in [5.41, 5.74) is -0.859. The quantitative estimate of drug-likeness (QED) is 0.339. The van der Waals surface area contributed by atoms with Crippen LogP contribution in [0.2, 0.25) is 5.02 Å². The van der Waals surface area contributed by atoms with Gasteiger partial charge in [-0.2, -0.15) is 0 Å². The van der Waals surface area contributed by atoms with Crippen LogP contribution in [0.5, 0.6) is 0 Å². The van der Waals surface area contributed by atoms with E-state index in [9.17, 15) is 14.7 Å². The van der Waals surface area contributed by atoms with Crippen molar-refractivity contribution in [3.05, 3.63) is 34.9 Å². The molecule has 8 nitrogen and oxygen atoms in total. The summed E-state index contributed by atoms with van der Waals surface area (Å²) in [6.45, 7) is 1.71. The zero-order chi connectivity index (χ0) is 26.7. The molecule has 0 aromatic heterocycles. The number of alkyl carbamates (subject to hydrolysis) is 1. The monoisotopic (exact) mass is 537 g/mol. The van der Waals surface area contributed by atoms with Crippen LogP contribution < -0.4 is 10.6 Å². The number of carbonyl (C=O) groups is 2. The fourth-order valence-corrected chi connectivity index (χ4v) is 5.99. The second-order valence-corrected chi connectivity index (χ2v) is 11.0. The Labute approximate surface area is 226 Å². The van der Waals surface area contributed by atoms with Crippen LogP contribution in [0.4, 0.5) is 9.59 Å². The Balaban J connectivity index is 1.91. The molecular weight excluding hydrogens is 494 g/mol. The highest BCUT2D eigenvalue weighted by molar-refractivity contribution is 6.30. The van der Waals surface area contributed by atoms with Crippen molar-refractivity contribution in [2.75, 3.05) is 33.8 Å². The summed E-state index contributed by atoms with van der Waals surface area (Å²) in [5, 5.41) is 18.8. The van der Waals surface area contributed by atoms with Crippen molar-refractivity contribution in [2.24, 2.45) is 11.8 Å². The predicted molar refractivity (Wildman–Crippen MR) is 145 cm³/mol. The highest BCUT2D eigenvalue weighted by Gasteiger charge is 2.48. The number of aryl methyl sites for hydroxylation is 1. The third-order valence-corrected chi connectivity index (χ3v) is 8.07. The number of rotatable bonds is 11. The lowest BCUT2D eigenvalue weighted by Crippen LogP contribution is -2.65. The van der Waals surface area contributed by atoms with Gasteiger partial charge < -0.3 is 24.8 Å². The molecule has 3 N–H and O–H groups in total. The Bertz CT molecular complexity index is 860. The molecule has 3 rings (SSSR count). The van der Waals surface area contributed by atoms with Crippen molar-refractivity contribution >= 4 is 23.8 Å². The molecule has 1 aromatic carbocycles. The normalized spacial score (nSPS) is 19.9. The van der Waals surface area contributed by atoms with Crippen molar-refractivity contribution in [1.29, 1.82) is 0 Å². The summed E-state index contributed by atoms with van der Waals surface area (Å²) < 4.78 is 11.0. The molecule has 2 aliphatic rings. The first-order valence-corrected chi connectivity index (χ1v) is 14.2. The third-order valence-electron chi connectivity index (χ3n) is 7.84. The van der Waals surface area contributed by atoms with Gasteiger partial charge >= 0.3 is 12.2 Å². The van der Waals surface area contributed by atoms with Crippen molar-refractivity contribution in [2.45, 2.75) is 82.5 Å². The molecule has 0 bridgehead atoms. The molecule has 0 spiro atoms. The predicted octanol–water partition coefficient (Wildman–Crippen LogP) is 5.11. The van der Waals surface area contributed by atoms with Gasteiger partial charge in [0.15, 0.2) is 11.8 Å². The van der Waals surface area contributed by atoms with Gasteiger partial charge in [0.25, 0.3) is 0 Å². The number of hydrogen-bond acceptors (Lipinski definition) is 6. The first-order valence-electron chi connectivity index (χ1n) is 13.8. The molecular formula is C28H44ClN3O5. The standard InChI is InChI=1S/C28H44ClN3O5/c1-30-20-23(18-21-10-5-3-6-11-21)28(35,31-26(33)36-2)25(15-14-22-12-9-13-24(29)19-22)37-27(34)32-16-7-4-8-17-32/h9,12-13,19,21,23,25,30,35H,3-8,10-11,14-18,20H2,1-2H3,(H,31,33)/t23-,25?,28-/m1/s1. The van der Waals surface area contributed by atoms with Gasteiger partial charge in [-0.05, 0) is 69.2 Å². The minimum atomic E-state index is -1.82. The van der Waals surface area contributed by atoms with Crippen molar-refractivity contribution in [1.82, 2.24) is 15.5 Å². The number of likely N-dealkylation sites (tertiary alicyclic amines) is 1. The number of ether oxygens (including phenoxy) is 2. The largest absolute Gasteiger partial charge is 0.453 e. The Kier molecular flexibility index (Phi) is 11.8. The van der Waals surface area contributed by atoms with Crippen LogP contribution in [-0.4, -0.2) is 67.8 Å². The smallest absolute Gasteiger partial charge is 0.410 e. The average molecular weight is 538 g/mol. The number of nitrogens with zero attached hydrogens (tertiary/aromatic N) is 1. The molecule has 2 amide bonds. The van der Waals surface area contributed by atoms with Gasteiger partial charge in [-0.3, -0.25) is 5.32 Å². The highest BCUT2D eigenvalue weighted by Crippen LogP contribution is 2.35. The van der Waals surface area contributed by atoms with Gasteiger partial charge in [-0.15, -0.1) is 0 Å². The van der Waals surface area contributed by atoms with E-state index >= 15 is 0 Å². The summed E-state index contributed by atoms with van der Waals surface area (Å²) in [4.78, 5) is 27.5. The summed E-state index contributed by atoms with van der Waals surface area (Å²) in [5.74, 6) is 0.0441. The summed E-state index contributed by atoms with van der Waals surface area (Å²) in [6.07, 6.45) is 8.02. The zero-order valence-corrected chi connectivity index (χ0v) is 23.1. The van der Waals surface area contributed by atoms with E-state index in [1.807, 2.05) is 25.2 Å². The highest BCUT2D eigenvalue weighted by atomic mass is 35.5. The molecule has 1 aromatic rings. The fraction of sp³-hybridized carbons (Fsp3) is 0.714. The van der Waals surface area contributed by atoms with Gasteiger partial charge in [0.2, 0.25) is 0 Å². The van der Waals surface area contributed by atoms with Crippen LogP contribution in [0, 0.1) is 11.8 Å². The topological polar surface area (TPSA) is 100 Å². The van der Waals surface area contributed by atoms with E-state index in [0.717, 1.165) is 37.7 Å². The Morgan fingerprint density at radius 2 is 1.86 bits per heavy atom. The van der Waals surface area contributed by atoms with E-state index in [4.69, 9.17) is 21.1 Å². The van der Waals surface area contributed by atoms with Gasteiger partial charge in [0.1, 0.15) is 0 Å². The molecule has 37 heavy (non-hydrogen) atoms. The molecule has 2 fully saturated rings. The molecule has 1 unspecified atom stereocenters. The Morgan fingerprint density at radius 1 is 1.16 bits per heavy atom. The molecule has 0 radical (unpaired) electrons. The number of piperidine rings is 1. The van der Waals surface area contributed by atoms with Crippen molar-refractivity contribution < 1.29 is 24.2 Å². The van der Waals surface area contributed by atoms with Crippen molar-refractivity contribution in [3.8, 4) is 0 Å². The number of nitrogens with one attached hydrogen (secondary N) is 2. The van der Waals surface area contributed by atoms with Gasteiger partial charge in [0.05, 0.1) is 7.11 Å². The van der Waals surface area contributed by atoms with E-state index in [1.165, 1.54) is 26.4 Å². The second-order valence-electron chi connectivity index (χ2n) is 10.5. The van der Waals surface area contributed by atoms with Crippen LogP contribution in [0.3, 0.4) is 0 Å². The van der Waals surface area contributed by atoms with E-state index in [-0.39, 0.29) is 0 Å². The maximum absolute atomic E-state index is 13.3. The van der Waals surface area contributed by atoms with Gasteiger partial charge in [-0.25, -0.2) is 9.59 Å². The van der Waals surface area contributed by atoms with Gasteiger partial charge in [-0.1, -0.05) is 55.8 Å². The minimum Gasteiger partial charge on any atom is -0.453 e. The van der Waals surface area contributed by atoms with E-state index in [0.29, 0.717) is 49.8 Å². The molecule has 3 atom stereocenters. The average Bonchev–Trinajstić information content (AvgIpc) is 2.91. The molecule has 1 saturated carbocycles. The zero-order valence-electron chi connectivity index (χ0n) is 22.3. The van der Waals surface area contributed by atoms with Crippen LogP contribution >= 0.6 is 11.6 Å². The second kappa shape index (κ2) is 14.8. The van der Waals surface area contributed by atoms with E-state index in [2.05, 4.69) is 10.6 Å². The number of benzene rings is 1. The maximum Gasteiger partial charge on any atom is 0.410 e. The lowest BCUT2D eigenvalue weighted by Gasteiger charge is -2.43.